The van der Waals surface area contributed by atoms with Gasteiger partial charge in [0.2, 0.25) is 5.91 Å². The van der Waals surface area contributed by atoms with Crippen molar-refractivity contribution in [1.29, 1.82) is 0 Å². The normalized spacial score (nSPS) is 20.8. The van der Waals surface area contributed by atoms with E-state index in [1.54, 1.807) is 18.1 Å². The van der Waals surface area contributed by atoms with Crippen LogP contribution in [0.15, 0.2) is 24.3 Å². The van der Waals surface area contributed by atoms with E-state index in [0.29, 0.717) is 26.1 Å². The zero-order valence-corrected chi connectivity index (χ0v) is 11.8. The number of methoxy groups -OCH3 is 1. The smallest absolute Gasteiger partial charge is 0.225 e. The van der Waals surface area contributed by atoms with Crippen molar-refractivity contribution in [3.63, 3.8) is 0 Å². The van der Waals surface area contributed by atoms with Gasteiger partial charge >= 0.3 is 0 Å². The fraction of sp³-hybridized carbons (Fsp3) is 0.533. The molecule has 0 bridgehead atoms. The number of rotatable bonds is 4. The highest BCUT2D eigenvalue weighted by molar-refractivity contribution is 5.76. The minimum absolute atomic E-state index is 0.0454. The first kappa shape index (κ1) is 14.9. The molecule has 2 atom stereocenters. The summed E-state index contributed by atoms with van der Waals surface area (Å²) in [5, 5.41) is 0. The van der Waals surface area contributed by atoms with Crippen molar-refractivity contribution in [3.05, 3.63) is 35.6 Å². The summed E-state index contributed by atoms with van der Waals surface area (Å²) < 4.78 is 24.0. The van der Waals surface area contributed by atoms with Gasteiger partial charge in [-0.05, 0) is 24.6 Å². The molecule has 0 saturated carbocycles. The van der Waals surface area contributed by atoms with E-state index in [1.807, 2.05) is 13.0 Å². The molecule has 0 aromatic heterocycles. The van der Waals surface area contributed by atoms with Crippen molar-refractivity contribution in [2.45, 2.75) is 25.6 Å². The standard InChI is InChI=1S/C15H20FNO3/c1-11(19-2)8-15(18)17-6-7-20-14(10-17)12-4-3-5-13(16)9-12/h3-5,9,11,14H,6-8,10H2,1-2H3. The molecule has 4 nitrogen and oxygen atoms in total. The number of morpholine rings is 1. The highest BCUT2D eigenvalue weighted by atomic mass is 19.1. The molecular weight excluding hydrogens is 261 g/mol. The lowest BCUT2D eigenvalue weighted by Gasteiger charge is -2.33. The lowest BCUT2D eigenvalue weighted by atomic mass is 10.1. The van der Waals surface area contributed by atoms with Crippen molar-refractivity contribution in [1.82, 2.24) is 4.90 Å². The van der Waals surface area contributed by atoms with E-state index in [2.05, 4.69) is 0 Å². The summed E-state index contributed by atoms with van der Waals surface area (Å²) in [6, 6.07) is 6.33. The summed E-state index contributed by atoms with van der Waals surface area (Å²) in [6.45, 7) is 3.36. The maximum atomic E-state index is 13.2. The van der Waals surface area contributed by atoms with E-state index in [9.17, 15) is 9.18 Å². The third-order valence-corrected chi connectivity index (χ3v) is 3.50. The van der Waals surface area contributed by atoms with Gasteiger partial charge in [0.25, 0.3) is 0 Å². The van der Waals surface area contributed by atoms with Gasteiger partial charge in [0.1, 0.15) is 11.9 Å². The molecule has 0 N–H and O–H groups in total. The van der Waals surface area contributed by atoms with Gasteiger partial charge in [0.15, 0.2) is 0 Å². The molecule has 1 saturated heterocycles. The Kier molecular flexibility index (Phi) is 5.09. The second-order valence-electron chi connectivity index (χ2n) is 5.00. The van der Waals surface area contributed by atoms with Crippen molar-refractivity contribution in [2.24, 2.45) is 0 Å². The average molecular weight is 281 g/mol. The summed E-state index contributed by atoms with van der Waals surface area (Å²) in [5.41, 5.74) is 0.766. The quantitative estimate of drug-likeness (QED) is 0.849. The summed E-state index contributed by atoms with van der Waals surface area (Å²) in [4.78, 5) is 13.9. The Hall–Kier alpha value is -1.46. The van der Waals surface area contributed by atoms with Crippen LogP contribution in [-0.2, 0) is 14.3 Å². The molecule has 20 heavy (non-hydrogen) atoms. The molecular formula is C15H20FNO3. The van der Waals surface area contributed by atoms with E-state index < -0.39 is 0 Å². The summed E-state index contributed by atoms with van der Waals surface area (Å²) in [7, 11) is 1.59. The Morgan fingerprint density at radius 3 is 3.10 bits per heavy atom. The number of halogens is 1. The van der Waals surface area contributed by atoms with Crippen molar-refractivity contribution >= 4 is 5.91 Å². The average Bonchev–Trinajstić information content (AvgIpc) is 2.47. The van der Waals surface area contributed by atoms with E-state index in [4.69, 9.17) is 9.47 Å². The molecule has 1 aromatic rings. The predicted molar refractivity (Wildman–Crippen MR) is 72.8 cm³/mol. The van der Waals surface area contributed by atoms with Crippen LogP contribution in [0.1, 0.15) is 25.0 Å². The Morgan fingerprint density at radius 1 is 1.60 bits per heavy atom. The van der Waals surface area contributed by atoms with Crippen molar-refractivity contribution in [3.8, 4) is 0 Å². The molecule has 2 rings (SSSR count). The predicted octanol–water partition coefficient (Wildman–Crippen LogP) is 2.15. The van der Waals surface area contributed by atoms with Crippen LogP contribution in [0.5, 0.6) is 0 Å². The zero-order chi connectivity index (χ0) is 14.5. The fourth-order valence-electron chi connectivity index (χ4n) is 2.24. The number of hydrogen-bond acceptors (Lipinski definition) is 3. The Balaban J connectivity index is 1.99. The van der Waals surface area contributed by atoms with Crippen LogP contribution < -0.4 is 0 Å². The lowest BCUT2D eigenvalue weighted by molar-refractivity contribution is -0.141. The van der Waals surface area contributed by atoms with E-state index in [-0.39, 0.29) is 23.9 Å². The third-order valence-electron chi connectivity index (χ3n) is 3.50. The molecule has 2 unspecified atom stereocenters. The first-order chi connectivity index (χ1) is 9.60. The zero-order valence-electron chi connectivity index (χ0n) is 11.8. The molecule has 0 radical (unpaired) electrons. The highest BCUT2D eigenvalue weighted by Crippen LogP contribution is 2.23. The molecule has 1 aliphatic heterocycles. The maximum Gasteiger partial charge on any atom is 0.225 e. The van der Waals surface area contributed by atoms with E-state index in [0.717, 1.165) is 5.56 Å². The van der Waals surface area contributed by atoms with Gasteiger partial charge in [-0.25, -0.2) is 4.39 Å². The Bertz CT molecular complexity index is 466. The number of carbonyl (C=O) groups excluding carboxylic acids is 1. The topological polar surface area (TPSA) is 38.8 Å². The fourth-order valence-corrected chi connectivity index (χ4v) is 2.24. The van der Waals surface area contributed by atoms with Gasteiger partial charge in [-0.15, -0.1) is 0 Å². The number of ether oxygens (including phenoxy) is 2. The Morgan fingerprint density at radius 2 is 2.40 bits per heavy atom. The summed E-state index contributed by atoms with van der Waals surface area (Å²) in [6.07, 6.45) is -0.00829. The van der Waals surface area contributed by atoms with Crippen molar-refractivity contribution < 1.29 is 18.7 Å². The van der Waals surface area contributed by atoms with Crippen LogP contribution in [0.4, 0.5) is 4.39 Å². The van der Waals surface area contributed by atoms with Gasteiger partial charge in [-0.2, -0.15) is 0 Å². The number of benzene rings is 1. The SMILES string of the molecule is COC(C)CC(=O)N1CCOC(c2cccc(F)c2)C1. The first-order valence-electron chi connectivity index (χ1n) is 6.77. The van der Waals surface area contributed by atoms with Crippen LogP contribution in [0.25, 0.3) is 0 Å². The number of amides is 1. The molecule has 110 valence electrons. The second-order valence-corrected chi connectivity index (χ2v) is 5.00. The van der Waals surface area contributed by atoms with Gasteiger partial charge in [-0.3, -0.25) is 4.79 Å². The molecule has 1 aromatic carbocycles. The number of hydrogen-bond donors (Lipinski definition) is 0. The van der Waals surface area contributed by atoms with Crippen LogP contribution in [-0.4, -0.2) is 43.7 Å². The summed E-state index contributed by atoms with van der Waals surface area (Å²) >= 11 is 0. The van der Waals surface area contributed by atoms with Crippen LogP contribution in [0.3, 0.4) is 0 Å². The monoisotopic (exact) mass is 281 g/mol. The van der Waals surface area contributed by atoms with Crippen molar-refractivity contribution in [2.75, 3.05) is 26.8 Å². The molecule has 1 amide bonds. The number of nitrogens with zero attached hydrogens (tertiary/aromatic N) is 1. The van der Waals surface area contributed by atoms with Crippen LogP contribution in [0, 0.1) is 5.82 Å². The van der Waals surface area contributed by atoms with E-state index in [1.165, 1.54) is 12.1 Å². The maximum absolute atomic E-state index is 13.2. The second kappa shape index (κ2) is 6.81. The lowest BCUT2D eigenvalue weighted by Crippen LogP contribution is -2.43. The largest absolute Gasteiger partial charge is 0.381 e. The van der Waals surface area contributed by atoms with Crippen LogP contribution in [0.2, 0.25) is 0 Å². The van der Waals surface area contributed by atoms with Crippen LogP contribution >= 0.6 is 0 Å². The minimum atomic E-state index is -0.289. The number of carbonyl (C=O) groups is 1. The molecule has 1 heterocycles. The highest BCUT2D eigenvalue weighted by Gasteiger charge is 2.26. The molecule has 0 aliphatic carbocycles. The molecule has 0 spiro atoms. The first-order valence-corrected chi connectivity index (χ1v) is 6.77. The molecule has 1 aliphatic rings. The molecule has 5 heteroatoms. The van der Waals surface area contributed by atoms with Gasteiger partial charge in [-0.1, -0.05) is 12.1 Å². The minimum Gasteiger partial charge on any atom is -0.381 e. The van der Waals surface area contributed by atoms with E-state index >= 15 is 0 Å². The van der Waals surface area contributed by atoms with Gasteiger partial charge in [0.05, 0.1) is 25.7 Å². The third kappa shape index (κ3) is 3.77. The Labute approximate surface area is 118 Å². The summed E-state index contributed by atoms with van der Waals surface area (Å²) in [5.74, 6) is -0.244. The van der Waals surface area contributed by atoms with Gasteiger partial charge in [0, 0.05) is 13.7 Å². The molecule has 1 fully saturated rings. The van der Waals surface area contributed by atoms with Gasteiger partial charge < -0.3 is 14.4 Å².